The van der Waals surface area contributed by atoms with Gasteiger partial charge in [-0.2, -0.15) is 0 Å². The van der Waals surface area contributed by atoms with Crippen LogP contribution in [0.25, 0.3) is 0 Å². The molecular formula is C18H39N3. The number of hydrogen-bond donors (Lipinski definition) is 1. The molecule has 0 saturated carbocycles. The molecule has 1 aliphatic heterocycles. The van der Waals surface area contributed by atoms with E-state index in [-0.39, 0.29) is 0 Å². The molecule has 1 aliphatic rings. The molecule has 21 heavy (non-hydrogen) atoms. The standard InChI is InChI=1S/C18H39N3/c1-7-18(8-2,14-19-12-16(3)4)15-21-11-9-10-20(6)13-17(21)5/h16-17,19H,7-15H2,1-6H3. The molecular weight excluding hydrogens is 258 g/mol. The summed E-state index contributed by atoms with van der Waals surface area (Å²) in [6.45, 7) is 19.0. The van der Waals surface area contributed by atoms with Gasteiger partial charge in [-0.15, -0.1) is 0 Å². The summed E-state index contributed by atoms with van der Waals surface area (Å²) in [5.74, 6) is 0.738. The van der Waals surface area contributed by atoms with Gasteiger partial charge in [-0.25, -0.2) is 0 Å². The topological polar surface area (TPSA) is 18.5 Å². The second-order valence-electron chi connectivity index (χ2n) is 7.67. The van der Waals surface area contributed by atoms with Gasteiger partial charge in [-0.3, -0.25) is 4.90 Å². The molecule has 3 nitrogen and oxygen atoms in total. The quantitative estimate of drug-likeness (QED) is 0.743. The summed E-state index contributed by atoms with van der Waals surface area (Å²) in [5, 5.41) is 3.72. The van der Waals surface area contributed by atoms with Crippen molar-refractivity contribution in [3.05, 3.63) is 0 Å². The second-order valence-corrected chi connectivity index (χ2v) is 7.67. The fraction of sp³-hybridized carbons (Fsp3) is 1.00. The van der Waals surface area contributed by atoms with Crippen molar-refractivity contribution in [3.63, 3.8) is 0 Å². The van der Waals surface area contributed by atoms with E-state index in [0.717, 1.165) is 19.0 Å². The van der Waals surface area contributed by atoms with Crippen molar-refractivity contribution in [3.8, 4) is 0 Å². The number of hydrogen-bond acceptors (Lipinski definition) is 3. The largest absolute Gasteiger partial charge is 0.316 e. The number of rotatable bonds is 8. The van der Waals surface area contributed by atoms with E-state index in [1.807, 2.05) is 0 Å². The predicted molar refractivity (Wildman–Crippen MR) is 93.9 cm³/mol. The number of nitrogens with one attached hydrogen (secondary N) is 1. The van der Waals surface area contributed by atoms with E-state index < -0.39 is 0 Å². The fourth-order valence-corrected chi connectivity index (χ4v) is 3.49. The van der Waals surface area contributed by atoms with Crippen molar-refractivity contribution < 1.29 is 0 Å². The van der Waals surface area contributed by atoms with Gasteiger partial charge in [0.25, 0.3) is 0 Å². The molecule has 0 aromatic heterocycles. The minimum Gasteiger partial charge on any atom is -0.316 e. The minimum atomic E-state index is 0.437. The van der Waals surface area contributed by atoms with Crippen LogP contribution in [0.3, 0.4) is 0 Å². The highest BCUT2D eigenvalue weighted by Gasteiger charge is 2.31. The summed E-state index contributed by atoms with van der Waals surface area (Å²) in [5.41, 5.74) is 0.437. The molecule has 0 aromatic rings. The van der Waals surface area contributed by atoms with Crippen molar-refractivity contribution in [1.82, 2.24) is 15.1 Å². The van der Waals surface area contributed by atoms with Crippen LogP contribution in [0.1, 0.15) is 53.9 Å². The van der Waals surface area contributed by atoms with Crippen LogP contribution < -0.4 is 5.32 Å². The van der Waals surface area contributed by atoms with E-state index in [0.29, 0.717) is 11.5 Å². The molecule has 0 spiro atoms. The van der Waals surface area contributed by atoms with Crippen LogP contribution in [-0.4, -0.2) is 62.2 Å². The monoisotopic (exact) mass is 297 g/mol. The lowest BCUT2D eigenvalue weighted by atomic mass is 9.81. The predicted octanol–water partition coefficient (Wildman–Crippen LogP) is 3.06. The van der Waals surface area contributed by atoms with Crippen molar-refractivity contribution in [2.75, 3.05) is 46.3 Å². The lowest BCUT2D eigenvalue weighted by molar-refractivity contribution is 0.104. The molecule has 0 radical (unpaired) electrons. The average Bonchev–Trinajstić information content (AvgIpc) is 2.58. The molecule has 126 valence electrons. The maximum absolute atomic E-state index is 3.72. The van der Waals surface area contributed by atoms with Gasteiger partial charge >= 0.3 is 0 Å². The number of likely N-dealkylation sites (N-methyl/N-ethyl adjacent to an activating group) is 1. The first kappa shape index (κ1) is 18.9. The molecule has 0 amide bonds. The Balaban J connectivity index is 2.62. The van der Waals surface area contributed by atoms with Gasteiger partial charge in [-0.05, 0) is 64.2 Å². The van der Waals surface area contributed by atoms with Crippen LogP contribution in [0, 0.1) is 11.3 Å². The van der Waals surface area contributed by atoms with E-state index in [4.69, 9.17) is 0 Å². The molecule has 1 saturated heterocycles. The zero-order valence-electron chi connectivity index (χ0n) is 15.4. The van der Waals surface area contributed by atoms with Gasteiger partial charge in [-0.1, -0.05) is 27.7 Å². The lowest BCUT2D eigenvalue weighted by Gasteiger charge is -2.40. The first-order valence-corrected chi connectivity index (χ1v) is 9.05. The van der Waals surface area contributed by atoms with Crippen LogP contribution in [-0.2, 0) is 0 Å². The second kappa shape index (κ2) is 9.12. The molecule has 1 atom stereocenters. The van der Waals surface area contributed by atoms with E-state index >= 15 is 0 Å². The average molecular weight is 298 g/mol. The molecule has 0 bridgehead atoms. The molecule has 1 fully saturated rings. The third-order valence-corrected chi connectivity index (χ3v) is 5.28. The van der Waals surface area contributed by atoms with Crippen LogP contribution >= 0.6 is 0 Å². The Labute approximate surface area is 133 Å². The van der Waals surface area contributed by atoms with Crippen molar-refractivity contribution in [1.29, 1.82) is 0 Å². The highest BCUT2D eigenvalue weighted by molar-refractivity contribution is 4.86. The van der Waals surface area contributed by atoms with E-state index in [1.165, 1.54) is 45.4 Å². The Hall–Kier alpha value is -0.120. The molecule has 0 aliphatic carbocycles. The molecule has 0 aromatic carbocycles. The molecule has 1 unspecified atom stereocenters. The summed E-state index contributed by atoms with van der Waals surface area (Å²) in [4.78, 5) is 5.23. The normalized spacial score (nSPS) is 22.7. The van der Waals surface area contributed by atoms with Gasteiger partial charge < -0.3 is 10.2 Å². The third-order valence-electron chi connectivity index (χ3n) is 5.28. The van der Waals surface area contributed by atoms with Gasteiger partial charge in [0.1, 0.15) is 0 Å². The Morgan fingerprint density at radius 3 is 2.43 bits per heavy atom. The SMILES string of the molecule is CCC(CC)(CNCC(C)C)CN1CCCN(C)CC1C. The Morgan fingerprint density at radius 1 is 1.19 bits per heavy atom. The first-order valence-electron chi connectivity index (χ1n) is 9.05. The van der Waals surface area contributed by atoms with Crippen LogP contribution in [0.2, 0.25) is 0 Å². The lowest BCUT2D eigenvalue weighted by Crippen LogP contribution is -2.48. The summed E-state index contributed by atoms with van der Waals surface area (Å²) >= 11 is 0. The zero-order chi connectivity index (χ0) is 15.9. The first-order chi connectivity index (χ1) is 9.92. The number of nitrogens with zero attached hydrogens (tertiary/aromatic N) is 2. The minimum absolute atomic E-state index is 0.437. The van der Waals surface area contributed by atoms with Crippen molar-refractivity contribution >= 4 is 0 Å². The maximum atomic E-state index is 3.72. The smallest absolute Gasteiger partial charge is 0.0195 e. The van der Waals surface area contributed by atoms with Crippen LogP contribution in [0.15, 0.2) is 0 Å². The van der Waals surface area contributed by atoms with E-state index in [1.54, 1.807) is 0 Å². The van der Waals surface area contributed by atoms with Gasteiger partial charge in [0.15, 0.2) is 0 Å². The fourth-order valence-electron chi connectivity index (χ4n) is 3.49. The van der Waals surface area contributed by atoms with Gasteiger partial charge in [0.05, 0.1) is 0 Å². The summed E-state index contributed by atoms with van der Waals surface area (Å²) in [7, 11) is 2.26. The maximum Gasteiger partial charge on any atom is 0.0195 e. The molecule has 1 heterocycles. The van der Waals surface area contributed by atoms with Crippen molar-refractivity contribution in [2.45, 2.75) is 59.9 Å². The third kappa shape index (κ3) is 6.25. The summed E-state index contributed by atoms with van der Waals surface area (Å²) in [6, 6.07) is 0.681. The highest BCUT2D eigenvalue weighted by Crippen LogP contribution is 2.28. The van der Waals surface area contributed by atoms with Crippen molar-refractivity contribution in [2.24, 2.45) is 11.3 Å². The summed E-state index contributed by atoms with van der Waals surface area (Å²) in [6.07, 6.45) is 3.85. The van der Waals surface area contributed by atoms with Gasteiger partial charge in [0.2, 0.25) is 0 Å². The molecule has 1 rings (SSSR count). The zero-order valence-corrected chi connectivity index (χ0v) is 15.4. The van der Waals surface area contributed by atoms with Crippen LogP contribution in [0.5, 0.6) is 0 Å². The summed E-state index contributed by atoms with van der Waals surface area (Å²) < 4.78 is 0. The Bertz CT molecular complexity index is 274. The Kier molecular flexibility index (Phi) is 8.22. The van der Waals surface area contributed by atoms with Gasteiger partial charge in [0, 0.05) is 25.7 Å². The Morgan fingerprint density at radius 2 is 1.86 bits per heavy atom. The molecule has 1 N–H and O–H groups in total. The van der Waals surface area contributed by atoms with E-state index in [2.05, 4.69) is 56.8 Å². The van der Waals surface area contributed by atoms with Crippen LogP contribution in [0.4, 0.5) is 0 Å². The van der Waals surface area contributed by atoms with E-state index in [9.17, 15) is 0 Å². The highest BCUT2D eigenvalue weighted by atomic mass is 15.2. The molecule has 3 heteroatoms.